The lowest BCUT2D eigenvalue weighted by molar-refractivity contribution is 0.562. The van der Waals surface area contributed by atoms with Crippen LogP contribution in [-0.4, -0.2) is 10.6 Å². The van der Waals surface area contributed by atoms with Crippen LogP contribution < -0.4 is 5.32 Å². The van der Waals surface area contributed by atoms with E-state index in [0.717, 1.165) is 25.9 Å². The van der Waals surface area contributed by atoms with Crippen molar-refractivity contribution in [3.8, 4) is 12.3 Å². The van der Waals surface area contributed by atoms with Crippen molar-refractivity contribution in [3.63, 3.8) is 0 Å². The summed E-state index contributed by atoms with van der Waals surface area (Å²) in [6.45, 7) is 6.30. The normalized spacial score (nSPS) is 12.3. The number of hydrogen-bond acceptors (Lipinski definition) is 1. The average Bonchev–Trinajstić information content (AvgIpc) is 2.72. The number of terminal acetylenes is 1. The summed E-state index contributed by atoms with van der Waals surface area (Å²) < 4.78 is 2.22. The lowest BCUT2D eigenvalue weighted by atomic mass is 10.2. The minimum Gasteiger partial charge on any atom is -0.354 e. The summed E-state index contributed by atoms with van der Waals surface area (Å²) >= 11 is 0. The first kappa shape index (κ1) is 12.9. The topological polar surface area (TPSA) is 17.0 Å². The molecule has 2 nitrogen and oxygen atoms in total. The van der Waals surface area contributed by atoms with Crippen LogP contribution in [0.2, 0.25) is 0 Å². The lowest BCUT2D eigenvalue weighted by Gasteiger charge is -2.10. The van der Waals surface area contributed by atoms with Gasteiger partial charge in [-0.05, 0) is 24.5 Å². The molecule has 1 unspecified atom stereocenters. The van der Waals surface area contributed by atoms with Crippen LogP contribution in [0, 0.1) is 12.3 Å². The maximum absolute atomic E-state index is 5.46. The Morgan fingerprint density at radius 3 is 2.88 bits per heavy atom. The fourth-order valence-electron chi connectivity index (χ4n) is 1.77. The zero-order valence-corrected chi connectivity index (χ0v) is 10.4. The van der Waals surface area contributed by atoms with E-state index in [-0.39, 0.29) is 6.04 Å². The molecule has 0 radical (unpaired) electrons. The predicted molar refractivity (Wildman–Crippen MR) is 69.1 cm³/mol. The van der Waals surface area contributed by atoms with Crippen molar-refractivity contribution in [1.29, 1.82) is 0 Å². The quantitative estimate of drug-likeness (QED) is 0.696. The summed E-state index contributed by atoms with van der Waals surface area (Å²) in [6, 6.07) is 2.36. The monoisotopic (exact) mass is 218 g/mol. The van der Waals surface area contributed by atoms with Gasteiger partial charge in [0.2, 0.25) is 0 Å². The van der Waals surface area contributed by atoms with Crippen LogP contribution in [-0.2, 0) is 13.1 Å². The van der Waals surface area contributed by atoms with E-state index >= 15 is 0 Å². The van der Waals surface area contributed by atoms with Gasteiger partial charge in [-0.2, -0.15) is 0 Å². The van der Waals surface area contributed by atoms with Crippen molar-refractivity contribution in [3.05, 3.63) is 24.0 Å². The van der Waals surface area contributed by atoms with Gasteiger partial charge in [0.25, 0.3) is 0 Å². The molecule has 1 N–H and O–H groups in total. The number of nitrogens with zero attached hydrogens (tertiary/aromatic N) is 1. The molecule has 0 saturated carbocycles. The molecule has 1 atom stereocenters. The molecule has 88 valence electrons. The standard InChI is InChI=1S/C14H22N2/c1-4-7-14(6-3)15-11-13-8-10-16(12-13)9-5-2/h3,8,10,12,14-15H,4-5,7,9,11H2,1-2H3. The highest BCUT2D eigenvalue weighted by Crippen LogP contribution is 2.03. The Morgan fingerprint density at radius 2 is 2.25 bits per heavy atom. The van der Waals surface area contributed by atoms with Gasteiger partial charge in [0.05, 0.1) is 6.04 Å². The van der Waals surface area contributed by atoms with E-state index in [1.807, 2.05) is 0 Å². The van der Waals surface area contributed by atoms with Gasteiger partial charge in [-0.25, -0.2) is 0 Å². The zero-order valence-electron chi connectivity index (χ0n) is 10.4. The number of hydrogen-bond donors (Lipinski definition) is 1. The molecule has 1 heterocycles. The third-order valence-corrected chi connectivity index (χ3v) is 2.62. The minimum absolute atomic E-state index is 0.208. The van der Waals surface area contributed by atoms with Crippen LogP contribution >= 0.6 is 0 Å². The van der Waals surface area contributed by atoms with Crippen LogP contribution in [0.1, 0.15) is 38.7 Å². The van der Waals surface area contributed by atoms with E-state index in [0.29, 0.717) is 0 Å². The fourth-order valence-corrected chi connectivity index (χ4v) is 1.77. The molecule has 2 heteroatoms. The van der Waals surface area contributed by atoms with Crippen LogP contribution in [0.4, 0.5) is 0 Å². The molecule has 1 aromatic rings. The molecule has 0 aliphatic rings. The molecule has 16 heavy (non-hydrogen) atoms. The summed E-state index contributed by atoms with van der Waals surface area (Å²) in [6.07, 6.45) is 13.1. The van der Waals surface area contributed by atoms with Crippen LogP contribution in [0.3, 0.4) is 0 Å². The Labute approximate surface area is 99.0 Å². The number of aromatic nitrogens is 1. The predicted octanol–water partition coefficient (Wildman–Crippen LogP) is 2.79. The third-order valence-electron chi connectivity index (χ3n) is 2.62. The van der Waals surface area contributed by atoms with E-state index in [2.05, 4.69) is 48.1 Å². The van der Waals surface area contributed by atoms with Gasteiger partial charge >= 0.3 is 0 Å². The second kappa shape index (κ2) is 7.14. The van der Waals surface area contributed by atoms with Crippen molar-refractivity contribution in [2.45, 2.75) is 52.2 Å². The zero-order chi connectivity index (χ0) is 11.8. The minimum atomic E-state index is 0.208. The van der Waals surface area contributed by atoms with Gasteiger partial charge in [-0.3, -0.25) is 5.32 Å². The Kier molecular flexibility index (Phi) is 5.74. The maximum atomic E-state index is 5.46. The number of rotatable bonds is 7. The lowest BCUT2D eigenvalue weighted by Crippen LogP contribution is -2.26. The maximum Gasteiger partial charge on any atom is 0.0689 e. The van der Waals surface area contributed by atoms with E-state index in [9.17, 15) is 0 Å². The van der Waals surface area contributed by atoms with E-state index in [1.54, 1.807) is 0 Å². The molecule has 0 spiro atoms. The second-order valence-electron chi connectivity index (χ2n) is 4.15. The Morgan fingerprint density at radius 1 is 1.44 bits per heavy atom. The number of aryl methyl sites for hydroxylation is 1. The van der Waals surface area contributed by atoms with Crippen molar-refractivity contribution >= 4 is 0 Å². The molecule has 0 aliphatic heterocycles. The first-order valence-corrected chi connectivity index (χ1v) is 6.14. The summed E-state index contributed by atoms with van der Waals surface area (Å²) in [5.41, 5.74) is 1.31. The van der Waals surface area contributed by atoms with Crippen LogP contribution in [0.15, 0.2) is 18.5 Å². The Balaban J connectivity index is 2.38. The Hall–Kier alpha value is -1.20. The molecular formula is C14H22N2. The van der Waals surface area contributed by atoms with Crippen molar-refractivity contribution in [2.24, 2.45) is 0 Å². The van der Waals surface area contributed by atoms with Gasteiger partial charge in [0.1, 0.15) is 0 Å². The van der Waals surface area contributed by atoms with E-state index < -0.39 is 0 Å². The van der Waals surface area contributed by atoms with Gasteiger partial charge < -0.3 is 4.57 Å². The van der Waals surface area contributed by atoms with Gasteiger partial charge in [0, 0.05) is 25.5 Å². The van der Waals surface area contributed by atoms with Crippen LogP contribution in [0.5, 0.6) is 0 Å². The Bertz CT molecular complexity index is 333. The molecule has 0 saturated heterocycles. The molecule has 1 rings (SSSR count). The highest BCUT2D eigenvalue weighted by Gasteiger charge is 2.03. The number of nitrogens with one attached hydrogen (secondary N) is 1. The van der Waals surface area contributed by atoms with Crippen molar-refractivity contribution in [1.82, 2.24) is 9.88 Å². The van der Waals surface area contributed by atoms with E-state index in [4.69, 9.17) is 6.42 Å². The summed E-state index contributed by atoms with van der Waals surface area (Å²) in [4.78, 5) is 0. The summed E-state index contributed by atoms with van der Waals surface area (Å²) in [5.74, 6) is 2.79. The van der Waals surface area contributed by atoms with Gasteiger partial charge in [-0.15, -0.1) is 6.42 Å². The smallest absolute Gasteiger partial charge is 0.0689 e. The molecule has 0 aromatic carbocycles. The van der Waals surface area contributed by atoms with Crippen LogP contribution in [0.25, 0.3) is 0 Å². The molecular weight excluding hydrogens is 196 g/mol. The van der Waals surface area contributed by atoms with E-state index in [1.165, 1.54) is 12.0 Å². The SMILES string of the molecule is C#CC(CCC)NCc1ccn(CCC)c1. The average molecular weight is 218 g/mol. The first-order valence-electron chi connectivity index (χ1n) is 6.14. The fraction of sp³-hybridized carbons (Fsp3) is 0.571. The molecule has 0 bridgehead atoms. The first-order chi connectivity index (χ1) is 7.80. The molecule has 0 fully saturated rings. The second-order valence-corrected chi connectivity index (χ2v) is 4.15. The summed E-state index contributed by atoms with van der Waals surface area (Å²) in [5, 5.41) is 3.39. The van der Waals surface area contributed by atoms with Crippen molar-refractivity contribution in [2.75, 3.05) is 0 Å². The molecule has 0 aliphatic carbocycles. The molecule has 0 amide bonds. The molecule has 1 aromatic heterocycles. The largest absolute Gasteiger partial charge is 0.354 e. The van der Waals surface area contributed by atoms with Gasteiger partial charge in [0.15, 0.2) is 0 Å². The third kappa shape index (κ3) is 4.12. The highest BCUT2D eigenvalue weighted by molar-refractivity contribution is 5.11. The van der Waals surface area contributed by atoms with Gasteiger partial charge in [-0.1, -0.05) is 26.2 Å². The van der Waals surface area contributed by atoms with Crippen molar-refractivity contribution < 1.29 is 0 Å². The summed E-state index contributed by atoms with van der Waals surface area (Å²) in [7, 11) is 0. The highest BCUT2D eigenvalue weighted by atomic mass is 14.9.